The number of benzene rings is 1. The molecule has 0 radical (unpaired) electrons. The van der Waals surface area contributed by atoms with Gasteiger partial charge in [0.05, 0.1) is 44.7 Å². The highest BCUT2D eigenvalue weighted by Gasteiger charge is 2.25. The smallest absolute Gasteiger partial charge is 0.326 e. The number of hydrogen-bond donors (Lipinski definition) is 7. The molecule has 0 saturated heterocycles. The second-order valence-corrected chi connectivity index (χ2v) is 23.0. The van der Waals surface area contributed by atoms with Crippen molar-refractivity contribution in [2.24, 2.45) is 5.92 Å². The van der Waals surface area contributed by atoms with Crippen molar-refractivity contribution in [3.63, 3.8) is 0 Å². The van der Waals surface area contributed by atoms with E-state index in [9.17, 15) is 66.6 Å². The molecule has 0 heterocycles. The average molecular weight is 1230 g/mol. The lowest BCUT2D eigenvalue weighted by Crippen LogP contribution is -2.41. The van der Waals surface area contributed by atoms with Crippen LogP contribution in [0.15, 0.2) is 24.3 Å². The highest BCUT2D eigenvalue weighted by atomic mass is 32.2. The molecule has 0 fully saturated rings. The van der Waals surface area contributed by atoms with E-state index in [4.69, 9.17) is 24.1 Å². The van der Waals surface area contributed by atoms with Crippen molar-refractivity contribution in [2.75, 3.05) is 71.7 Å². The first-order valence-electron chi connectivity index (χ1n) is 30.7. The van der Waals surface area contributed by atoms with Crippen LogP contribution in [0.4, 0.5) is 0 Å². The fourth-order valence-electron chi connectivity index (χ4n) is 8.41. The van der Waals surface area contributed by atoms with Gasteiger partial charge in [-0.1, -0.05) is 128 Å². The zero-order chi connectivity index (χ0) is 63.4. The Labute approximate surface area is 504 Å². The first-order valence-corrected chi connectivity index (χ1v) is 32.3. The van der Waals surface area contributed by atoms with Gasteiger partial charge in [-0.05, 0) is 63.9 Å². The third kappa shape index (κ3) is 50.2. The minimum Gasteiger partial charge on any atom is -0.481 e. The molecule has 0 aliphatic rings. The molecule has 24 heteroatoms. The molecule has 0 aromatic heterocycles. The molecular weight excluding hydrogens is 1120 g/mol. The van der Waals surface area contributed by atoms with Crippen LogP contribution in [-0.4, -0.2) is 160 Å². The number of rotatable bonds is 56. The Bertz CT molecular complexity index is 2180. The molecule has 0 spiro atoms. The standard InChI is InChI=1S/C40H69N3O15S.C21H33NO4/c1-31(44)20-22-34(40(53)54)42-36(47)23-21-32(39(51)52)29-33(45)30-58-27-26-57-25-24-41-35(46)18-16-28-59(55,56)43-37(48)17-14-12-10-8-6-4-2-3-5-7-9-11-13-15-19-38(49)50;1-3-5-14-25-15-16-26-17-21(24)22-13-6-8-20(23)19-11-9-18(7-4-2)10-12-19/h32,34H,2-30H2,1H3,(H,41,46)(H,42,47)(H,43,48)(H,49,50)(H,51,52)(H,53,54);9-12H,3-8,13-17H2,1-2H3,(H,22,24)/t32-,34?;/m1./s1. The van der Waals surface area contributed by atoms with E-state index in [-0.39, 0.29) is 113 Å². The summed E-state index contributed by atoms with van der Waals surface area (Å²) in [4.78, 5) is 117. The van der Waals surface area contributed by atoms with Gasteiger partial charge in [-0.3, -0.25) is 43.1 Å². The maximum Gasteiger partial charge on any atom is 0.326 e. The summed E-state index contributed by atoms with van der Waals surface area (Å²) in [6, 6.07) is 6.52. The number of Topliss-reactive ketones (excluding diaryl/α,β-unsaturated/α-hetero) is 3. The van der Waals surface area contributed by atoms with Crippen LogP contribution < -0.4 is 20.7 Å². The number of ketones is 3. The minimum atomic E-state index is -3.86. The van der Waals surface area contributed by atoms with Crippen molar-refractivity contribution in [3.8, 4) is 0 Å². The van der Waals surface area contributed by atoms with Gasteiger partial charge in [0, 0.05) is 70.2 Å². The van der Waals surface area contributed by atoms with E-state index in [0.717, 1.165) is 89.2 Å². The van der Waals surface area contributed by atoms with E-state index in [1.165, 1.54) is 44.6 Å². The summed E-state index contributed by atoms with van der Waals surface area (Å²) >= 11 is 0. The summed E-state index contributed by atoms with van der Waals surface area (Å²) in [6.07, 6.45) is 19.2. The molecule has 1 aromatic rings. The lowest BCUT2D eigenvalue weighted by Gasteiger charge is -2.15. The van der Waals surface area contributed by atoms with Gasteiger partial charge in [-0.25, -0.2) is 13.2 Å². The maximum atomic E-state index is 12.3. The number of hydrogen-bond acceptors (Lipinski definition) is 16. The molecule has 1 aromatic carbocycles. The maximum absolute atomic E-state index is 12.3. The fourth-order valence-corrected chi connectivity index (χ4v) is 9.49. The summed E-state index contributed by atoms with van der Waals surface area (Å²) < 4.78 is 47.7. The number of carboxylic acids is 3. The molecule has 0 bridgehead atoms. The van der Waals surface area contributed by atoms with Crippen molar-refractivity contribution in [2.45, 2.75) is 213 Å². The second kappa shape index (κ2) is 52.6. The largest absolute Gasteiger partial charge is 0.481 e. The van der Waals surface area contributed by atoms with Gasteiger partial charge in [0.25, 0.3) is 0 Å². The molecule has 7 N–H and O–H groups in total. The Kier molecular flexibility index (Phi) is 49.1. The summed E-state index contributed by atoms with van der Waals surface area (Å²) in [5.74, 6) is -7.36. The number of aryl methyl sites for hydroxylation is 1. The highest BCUT2D eigenvalue weighted by Crippen LogP contribution is 2.16. The number of amides is 4. The van der Waals surface area contributed by atoms with Crippen LogP contribution >= 0.6 is 0 Å². The Balaban J connectivity index is 0.00000224. The van der Waals surface area contributed by atoms with Crippen LogP contribution in [0, 0.1) is 5.92 Å². The number of nitrogens with one attached hydrogen (secondary N) is 4. The predicted molar refractivity (Wildman–Crippen MR) is 320 cm³/mol. The number of carbonyl (C=O) groups excluding carboxylic acids is 7. The first kappa shape index (κ1) is 79.3. The van der Waals surface area contributed by atoms with E-state index < -0.39 is 70.5 Å². The van der Waals surface area contributed by atoms with E-state index in [1.807, 2.05) is 24.3 Å². The fraction of sp³-hybridized carbons (Fsp3) is 0.738. The third-order valence-electron chi connectivity index (χ3n) is 13.3. The molecule has 1 rings (SSSR count). The second-order valence-electron chi connectivity index (χ2n) is 21.2. The van der Waals surface area contributed by atoms with Crippen LogP contribution in [0.1, 0.15) is 216 Å². The minimum absolute atomic E-state index is 0.00355. The topological polar surface area (TPSA) is 351 Å². The van der Waals surface area contributed by atoms with Crippen LogP contribution in [0.3, 0.4) is 0 Å². The molecule has 0 aliphatic carbocycles. The van der Waals surface area contributed by atoms with Crippen molar-refractivity contribution < 1.29 is 90.6 Å². The number of aliphatic carboxylic acids is 3. The number of carboxylic acid groups (broad SMARTS) is 3. The van der Waals surface area contributed by atoms with E-state index in [1.54, 1.807) is 0 Å². The van der Waals surface area contributed by atoms with Crippen LogP contribution in [0.5, 0.6) is 0 Å². The molecular formula is C61H102N4O19S. The van der Waals surface area contributed by atoms with Crippen LogP contribution in [0.2, 0.25) is 0 Å². The van der Waals surface area contributed by atoms with Gasteiger partial charge in [-0.15, -0.1) is 0 Å². The number of ether oxygens (including phenoxy) is 4. The van der Waals surface area contributed by atoms with Gasteiger partial charge < -0.3 is 55.0 Å². The normalized spacial score (nSPS) is 11.8. The van der Waals surface area contributed by atoms with Crippen LogP contribution in [-0.2, 0) is 78.5 Å². The third-order valence-corrected chi connectivity index (χ3v) is 14.6. The summed E-state index contributed by atoms with van der Waals surface area (Å²) in [5, 5.41) is 34.9. The van der Waals surface area contributed by atoms with E-state index in [2.05, 4.69) is 34.5 Å². The first-order chi connectivity index (χ1) is 40.7. The molecule has 0 saturated carbocycles. The quantitative estimate of drug-likeness (QED) is 0.0243. The molecule has 2 atom stereocenters. The lowest BCUT2D eigenvalue weighted by molar-refractivity contribution is -0.145. The van der Waals surface area contributed by atoms with Crippen molar-refractivity contribution in [1.29, 1.82) is 0 Å². The van der Waals surface area contributed by atoms with Crippen LogP contribution in [0.25, 0.3) is 0 Å². The zero-order valence-electron chi connectivity index (χ0n) is 51.0. The Morgan fingerprint density at radius 2 is 1.04 bits per heavy atom. The summed E-state index contributed by atoms with van der Waals surface area (Å²) in [6.45, 7) is 7.65. The van der Waals surface area contributed by atoms with Gasteiger partial charge in [0.1, 0.15) is 25.0 Å². The molecule has 1 unspecified atom stereocenters. The zero-order valence-corrected chi connectivity index (χ0v) is 51.8. The Hall–Kier alpha value is -5.69. The summed E-state index contributed by atoms with van der Waals surface area (Å²) in [7, 11) is -3.86. The Morgan fingerprint density at radius 1 is 0.494 bits per heavy atom. The lowest BCUT2D eigenvalue weighted by atomic mass is 9.97. The monoisotopic (exact) mass is 1230 g/mol. The molecule has 85 heavy (non-hydrogen) atoms. The predicted octanol–water partition coefficient (Wildman–Crippen LogP) is 7.62. The van der Waals surface area contributed by atoms with Gasteiger partial charge in [-0.2, -0.15) is 0 Å². The van der Waals surface area contributed by atoms with Crippen molar-refractivity contribution in [3.05, 3.63) is 35.4 Å². The molecule has 23 nitrogen and oxygen atoms in total. The highest BCUT2D eigenvalue weighted by molar-refractivity contribution is 7.90. The molecule has 486 valence electrons. The van der Waals surface area contributed by atoms with Crippen molar-refractivity contribution >= 4 is 68.9 Å². The SMILES string of the molecule is CC(=O)CCC(NC(=O)CC[C@H](CC(=O)COCCOCCNC(=O)CCCS(=O)(=O)NC(=O)CCCCCCCCCCCCCCCCC(=O)O)C(=O)O)C(=O)O.CCCCOCCOCC(=O)NCCCC(=O)c1ccc(CCC)cc1. The molecule has 4 amide bonds. The number of carbonyl (C=O) groups is 10. The van der Waals surface area contributed by atoms with Crippen molar-refractivity contribution in [1.82, 2.24) is 20.7 Å². The van der Waals surface area contributed by atoms with E-state index >= 15 is 0 Å². The van der Waals surface area contributed by atoms with Gasteiger partial charge in [0.15, 0.2) is 11.6 Å². The molecule has 0 aliphatic heterocycles. The number of unbranched alkanes of at least 4 members (excludes halogenated alkanes) is 14. The average Bonchev–Trinajstić information content (AvgIpc) is 3.54. The Morgan fingerprint density at radius 3 is 1.59 bits per heavy atom. The van der Waals surface area contributed by atoms with E-state index in [0.29, 0.717) is 39.0 Å². The number of sulfonamides is 1. The van der Waals surface area contributed by atoms with Gasteiger partial charge >= 0.3 is 17.9 Å². The van der Waals surface area contributed by atoms with Gasteiger partial charge in [0.2, 0.25) is 33.7 Å². The summed E-state index contributed by atoms with van der Waals surface area (Å²) in [5.41, 5.74) is 2.00.